The van der Waals surface area contributed by atoms with Crippen LogP contribution in [0.2, 0.25) is 5.02 Å². The summed E-state index contributed by atoms with van der Waals surface area (Å²) in [6.45, 7) is 8.66. The Morgan fingerprint density at radius 1 is 0.542 bits per heavy atom. The van der Waals surface area contributed by atoms with Crippen LogP contribution >= 0.6 is 11.6 Å². The predicted octanol–water partition coefficient (Wildman–Crippen LogP) is -3.18. The van der Waals surface area contributed by atoms with Gasteiger partial charge in [0.05, 0.1) is 6.33 Å². The van der Waals surface area contributed by atoms with E-state index in [9.17, 15) is 48.3 Å². The molecule has 1 aromatic heterocycles. The van der Waals surface area contributed by atoms with Gasteiger partial charge in [-0.15, -0.1) is 0 Å². The van der Waals surface area contributed by atoms with Crippen LogP contribution in [0.25, 0.3) is 0 Å². The molecular weight excluding hydrogens is 1100 g/mol. The van der Waals surface area contributed by atoms with Gasteiger partial charge >= 0.3 is 5.97 Å². The fourth-order valence-electron chi connectivity index (χ4n) is 8.32. The highest BCUT2D eigenvalue weighted by Gasteiger charge is 2.36. The number of carbonyl (C=O) groups is 9. The van der Waals surface area contributed by atoms with Crippen molar-refractivity contribution in [2.75, 3.05) is 26.2 Å². The maximum absolute atomic E-state index is 14.7. The van der Waals surface area contributed by atoms with Crippen molar-refractivity contribution in [2.24, 2.45) is 66.9 Å². The van der Waals surface area contributed by atoms with Crippen LogP contribution in [-0.2, 0) is 56.0 Å². The number of imidazole rings is 1. The number of hydrogen-bond donors (Lipinski definition) is 17. The van der Waals surface area contributed by atoms with Crippen molar-refractivity contribution in [1.29, 1.82) is 0 Å². The van der Waals surface area contributed by atoms with Gasteiger partial charge in [-0.2, -0.15) is 0 Å². The SMILES string of the molecule is CC(=O)N[C@@H](CCCCN)C(=O)N[C@@H](CCCN=C(N)N)C(=O)N[C@@H](Cc1cnc[nH]1)C(=O)N[C@@H](CCCN=C(N)N)C(=O)NC(Cc1ccc(Cl)cc1)C(=O)N[C@H](C(=O)N[C@@H](CC(C)C)C(=O)N[C@@H](CCCN=C(N)N)C(=O)O)C(C)C. The van der Waals surface area contributed by atoms with Crippen LogP contribution in [0.5, 0.6) is 0 Å². The first-order chi connectivity index (χ1) is 39.2. The maximum Gasteiger partial charge on any atom is 0.326 e. The van der Waals surface area contributed by atoms with Crippen molar-refractivity contribution in [3.8, 4) is 0 Å². The summed E-state index contributed by atoms with van der Waals surface area (Å²) in [5, 5.41) is 31.6. The fourth-order valence-corrected chi connectivity index (χ4v) is 8.44. The number of benzene rings is 1. The van der Waals surface area contributed by atoms with Crippen molar-refractivity contribution in [2.45, 2.75) is 160 Å². The van der Waals surface area contributed by atoms with Crippen molar-refractivity contribution in [3.05, 3.63) is 53.1 Å². The molecule has 0 aliphatic rings. The number of aliphatic imine (C=N–C) groups is 3. The number of unbranched alkanes of at least 4 members (excludes halogenated alkanes) is 1. The molecular formula is C52H87ClN20O10. The lowest BCUT2D eigenvalue weighted by Crippen LogP contribution is -2.61. The molecule has 0 saturated heterocycles. The van der Waals surface area contributed by atoms with Crippen molar-refractivity contribution in [1.82, 2.24) is 52.5 Å². The monoisotopic (exact) mass is 1190 g/mol. The summed E-state index contributed by atoms with van der Waals surface area (Å²) in [4.78, 5) is 143. The highest BCUT2D eigenvalue weighted by molar-refractivity contribution is 6.30. The van der Waals surface area contributed by atoms with Crippen molar-refractivity contribution < 1.29 is 48.3 Å². The molecule has 0 aliphatic heterocycles. The van der Waals surface area contributed by atoms with Crippen LogP contribution < -0.4 is 82.7 Å². The number of carboxylic acids is 1. The molecule has 8 amide bonds. The standard InChI is InChI=1S/C52H87ClN20O10/c1-28(2)23-38(45(78)69-37(49(82)83)14-10-22-64-52(59)60)72-48(81)41(29(3)4)73-47(80)39(24-31-15-17-32(53)18-16-31)70-43(76)36(13-9-21-63-51(57)58)68-46(79)40(25-33-26-61-27-65-33)71-44(77)35(12-8-20-62-50(55)56)67-42(75)34(66-30(5)74)11-6-7-19-54/h15-18,26-29,34-41H,6-14,19-25,54H2,1-5H3,(H,61,65)(H,66,74)(H,67,75)(H,68,79)(H,69,78)(H,70,76)(H,71,77)(H,72,81)(H,73,80)(H,82,83)(H4,55,56,62)(H4,57,58,63)(H4,59,60,64)/t34-,35-,36-,37-,38-,39?,40-,41-/m0/s1. The average Bonchev–Trinajstić information content (AvgIpc) is 3.93. The van der Waals surface area contributed by atoms with E-state index in [0.29, 0.717) is 35.7 Å². The Kier molecular flexibility index (Phi) is 32.2. The predicted molar refractivity (Wildman–Crippen MR) is 313 cm³/mol. The number of carboxylic acid groups (broad SMARTS) is 1. The van der Waals surface area contributed by atoms with Crippen molar-refractivity contribution >= 4 is 82.7 Å². The first kappa shape index (κ1) is 70.8. The molecule has 0 fully saturated rings. The molecule has 2 aromatic rings. The van der Waals surface area contributed by atoms with E-state index in [1.807, 2.05) is 0 Å². The lowest BCUT2D eigenvalue weighted by molar-refractivity contribution is -0.142. The third-order valence-corrected chi connectivity index (χ3v) is 12.8. The molecule has 0 saturated carbocycles. The molecule has 30 nitrogen and oxygen atoms in total. The Bertz CT molecular complexity index is 2500. The second kappa shape index (κ2) is 37.7. The number of aromatic nitrogens is 2. The molecule has 1 heterocycles. The zero-order chi connectivity index (χ0) is 62.2. The van der Waals surface area contributed by atoms with Gasteiger partial charge in [-0.1, -0.05) is 51.4 Å². The largest absolute Gasteiger partial charge is 0.480 e. The summed E-state index contributed by atoms with van der Waals surface area (Å²) in [5.41, 5.74) is 39.6. The third-order valence-electron chi connectivity index (χ3n) is 12.5. The van der Waals surface area contributed by atoms with Crippen molar-refractivity contribution in [3.63, 3.8) is 0 Å². The molecule has 83 heavy (non-hydrogen) atoms. The number of nitrogens with one attached hydrogen (secondary N) is 9. The number of halogens is 1. The van der Waals surface area contributed by atoms with E-state index in [0.717, 1.165) is 0 Å². The Labute approximate surface area is 488 Å². The zero-order valence-corrected chi connectivity index (χ0v) is 48.6. The van der Waals surface area contributed by atoms with E-state index in [-0.39, 0.29) is 108 Å². The fraction of sp³-hybridized carbons (Fsp3) is 0.596. The zero-order valence-electron chi connectivity index (χ0n) is 47.9. The molecule has 1 aromatic carbocycles. The normalized spacial score (nSPS) is 13.9. The number of guanidine groups is 3. The summed E-state index contributed by atoms with van der Waals surface area (Å²) < 4.78 is 0. The number of aromatic amines is 1. The molecule has 0 aliphatic carbocycles. The smallest absolute Gasteiger partial charge is 0.326 e. The molecule has 2 rings (SSSR count). The summed E-state index contributed by atoms with van der Waals surface area (Å²) in [6, 6.07) is -4.19. The van der Waals surface area contributed by atoms with E-state index in [2.05, 4.69) is 67.5 Å². The first-order valence-corrected chi connectivity index (χ1v) is 27.8. The molecule has 0 radical (unpaired) electrons. The second-order valence-corrected chi connectivity index (χ2v) is 21.0. The number of aliphatic carboxylic acids is 1. The van der Waals surface area contributed by atoms with Gasteiger partial charge in [0.2, 0.25) is 47.3 Å². The van der Waals surface area contributed by atoms with E-state index < -0.39 is 107 Å². The highest BCUT2D eigenvalue weighted by Crippen LogP contribution is 2.15. The summed E-state index contributed by atoms with van der Waals surface area (Å²) in [7, 11) is 0. The van der Waals surface area contributed by atoms with E-state index >= 15 is 0 Å². The van der Waals surface area contributed by atoms with Crippen LogP contribution in [-0.4, -0.2) is 161 Å². The Balaban J connectivity index is 2.59. The lowest BCUT2D eigenvalue weighted by Gasteiger charge is -2.29. The number of rotatable bonds is 39. The molecule has 8 atom stereocenters. The minimum Gasteiger partial charge on any atom is -0.480 e. The van der Waals surface area contributed by atoms with Gasteiger partial charge in [-0.3, -0.25) is 53.3 Å². The number of nitrogens with zero attached hydrogens (tertiary/aromatic N) is 4. The van der Waals surface area contributed by atoms with Gasteiger partial charge in [0, 0.05) is 56.3 Å². The van der Waals surface area contributed by atoms with Crippen LogP contribution in [0, 0.1) is 11.8 Å². The number of nitrogens with two attached hydrogens (primary N) is 7. The van der Waals surface area contributed by atoms with Gasteiger partial charge in [0.1, 0.15) is 48.3 Å². The topological polar surface area (TPSA) is 518 Å². The van der Waals surface area contributed by atoms with Crippen LogP contribution in [0.15, 0.2) is 51.8 Å². The average molecular weight is 1190 g/mol. The quantitative estimate of drug-likeness (QED) is 0.0178. The maximum atomic E-state index is 14.7. The van der Waals surface area contributed by atoms with Gasteiger partial charge in [-0.05, 0) is 100 Å². The molecule has 0 spiro atoms. The number of amides is 8. The van der Waals surface area contributed by atoms with E-state index in [4.69, 9.17) is 51.7 Å². The highest BCUT2D eigenvalue weighted by atomic mass is 35.5. The molecule has 0 bridgehead atoms. The minimum absolute atomic E-state index is 0.00924. The number of hydrogen-bond acceptors (Lipinski definition) is 14. The van der Waals surface area contributed by atoms with Crippen LogP contribution in [0.1, 0.15) is 110 Å². The molecule has 31 heteroatoms. The molecule has 462 valence electrons. The van der Waals surface area contributed by atoms with E-state index in [1.54, 1.807) is 52.0 Å². The lowest BCUT2D eigenvalue weighted by atomic mass is 9.98. The van der Waals surface area contributed by atoms with Gasteiger partial charge in [-0.25, -0.2) is 9.78 Å². The van der Waals surface area contributed by atoms with Gasteiger partial charge < -0.3 is 92.8 Å². The van der Waals surface area contributed by atoms with Gasteiger partial charge in [0.15, 0.2) is 17.9 Å². The van der Waals surface area contributed by atoms with Crippen LogP contribution in [0.4, 0.5) is 0 Å². The van der Waals surface area contributed by atoms with Crippen LogP contribution in [0.3, 0.4) is 0 Å². The van der Waals surface area contributed by atoms with Gasteiger partial charge in [0.25, 0.3) is 0 Å². The summed E-state index contributed by atoms with van der Waals surface area (Å²) in [5.74, 6) is -8.89. The number of H-pyrrole nitrogens is 1. The first-order valence-electron chi connectivity index (χ1n) is 27.4. The molecule has 24 N–H and O–H groups in total. The minimum atomic E-state index is -1.45. The third kappa shape index (κ3) is 28.8. The second-order valence-electron chi connectivity index (χ2n) is 20.6. The summed E-state index contributed by atoms with van der Waals surface area (Å²) in [6.07, 6.45) is 4.07. The Morgan fingerprint density at radius 2 is 0.952 bits per heavy atom. The number of carbonyl (C=O) groups excluding carboxylic acids is 8. The summed E-state index contributed by atoms with van der Waals surface area (Å²) >= 11 is 6.20. The Hall–Kier alpha value is -8.28. The molecule has 1 unspecified atom stereocenters. The Morgan fingerprint density at radius 3 is 1.39 bits per heavy atom. The van der Waals surface area contributed by atoms with E-state index in [1.165, 1.54) is 19.4 Å².